The van der Waals surface area contributed by atoms with E-state index in [-0.39, 0.29) is 5.91 Å². The highest BCUT2D eigenvalue weighted by Gasteiger charge is 2.12. The monoisotopic (exact) mass is 360 g/mol. The number of imidazole rings is 1. The van der Waals surface area contributed by atoms with E-state index in [0.29, 0.717) is 29.8 Å². The third kappa shape index (κ3) is 3.74. The van der Waals surface area contributed by atoms with E-state index in [0.717, 1.165) is 11.1 Å². The fraction of sp³-hybridized carbons (Fsp3) is 0.105. The zero-order valence-corrected chi connectivity index (χ0v) is 14.5. The Bertz CT molecular complexity index is 1070. The first kappa shape index (κ1) is 16.6. The summed E-state index contributed by atoms with van der Waals surface area (Å²) in [6, 6.07) is 13.3. The fourth-order valence-corrected chi connectivity index (χ4v) is 2.54. The van der Waals surface area contributed by atoms with Gasteiger partial charge in [0.1, 0.15) is 17.8 Å². The molecule has 0 aliphatic heterocycles. The molecule has 1 N–H and O–H groups in total. The van der Waals surface area contributed by atoms with Gasteiger partial charge in [0.25, 0.3) is 11.8 Å². The van der Waals surface area contributed by atoms with Crippen molar-refractivity contribution in [3.8, 4) is 17.3 Å². The van der Waals surface area contributed by atoms with Crippen LogP contribution in [0.4, 0.5) is 0 Å². The zero-order chi connectivity index (χ0) is 18.6. The van der Waals surface area contributed by atoms with Crippen LogP contribution in [0.3, 0.4) is 0 Å². The van der Waals surface area contributed by atoms with E-state index in [9.17, 15) is 4.79 Å². The third-order valence-electron chi connectivity index (χ3n) is 3.90. The van der Waals surface area contributed by atoms with Crippen molar-refractivity contribution in [2.75, 3.05) is 0 Å². The summed E-state index contributed by atoms with van der Waals surface area (Å²) in [5.74, 6) is 1.32. The maximum atomic E-state index is 12.3. The Kier molecular flexibility index (Phi) is 4.44. The Balaban J connectivity index is 1.50. The quantitative estimate of drug-likeness (QED) is 0.587. The van der Waals surface area contributed by atoms with Crippen LogP contribution in [0.25, 0.3) is 17.3 Å². The third-order valence-corrected chi connectivity index (χ3v) is 3.90. The summed E-state index contributed by atoms with van der Waals surface area (Å²) >= 11 is 0. The summed E-state index contributed by atoms with van der Waals surface area (Å²) in [6.07, 6.45) is 4.81. The summed E-state index contributed by atoms with van der Waals surface area (Å²) in [5, 5.41) is 6.64. The number of benzene rings is 1. The number of aryl methyl sites for hydroxylation is 1. The maximum absolute atomic E-state index is 12.3. The summed E-state index contributed by atoms with van der Waals surface area (Å²) in [5.41, 5.74) is 2.07. The number of carbonyl (C=O) groups is 1. The number of aromatic nitrogens is 5. The van der Waals surface area contributed by atoms with Gasteiger partial charge in [-0.25, -0.2) is 9.97 Å². The summed E-state index contributed by atoms with van der Waals surface area (Å²) in [6.45, 7) is 2.20. The Labute approximate surface area is 154 Å². The molecular weight excluding hydrogens is 344 g/mol. The number of hydrogen-bond acceptors (Lipinski definition) is 6. The lowest BCUT2D eigenvalue weighted by Gasteiger charge is -2.03. The van der Waals surface area contributed by atoms with E-state index >= 15 is 0 Å². The Morgan fingerprint density at radius 3 is 2.81 bits per heavy atom. The van der Waals surface area contributed by atoms with Crippen LogP contribution in [0.5, 0.6) is 0 Å². The van der Waals surface area contributed by atoms with Crippen molar-refractivity contribution in [3.05, 3.63) is 78.3 Å². The van der Waals surface area contributed by atoms with E-state index in [4.69, 9.17) is 4.52 Å². The number of pyridine rings is 1. The Morgan fingerprint density at radius 1 is 1.19 bits per heavy atom. The molecule has 27 heavy (non-hydrogen) atoms. The standard InChI is InChI=1S/C19H16N6O2/c1-13-23-19(27-24-13)15-7-8-20-17(9-15)25-11-16(22-12-25)18(26)21-10-14-5-3-2-4-6-14/h2-9,11-12H,10H2,1H3,(H,21,26). The van der Waals surface area contributed by atoms with Crippen LogP contribution in [-0.2, 0) is 6.54 Å². The van der Waals surface area contributed by atoms with Crippen molar-refractivity contribution in [2.24, 2.45) is 0 Å². The van der Waals surface area contributed by atoms with Gasteiger partial charge in [-0.15, -0.1) is 0 Å². The maximum Gasteiger partial charge on any atom is 0.271 e. The molecule has 1 amide bonds. The van der Waals surface area contributed by atoms with E-state index in [1.807, 2.05) is 30.3 Å². The summed E-state index contributed by atoms with van der Waals surface area (Å²) < 4.78 is 6.85. The molecule has 0 fully saturated rings. The molecule has 8 heteroatoms. The lowest BCUT2D eigenvalue weighted by Crippen LogP contribution is -2.23. The second kappa shape index (κ2) is 7.20. The molecule has 4 rings (SSSR count). The van der Waals surface area contributed by atoms with Crippen molar-refractivity contribution in [2.45, 2.75) is 13.5 Å². The number of hydrogen-bond donors (Lipinski definition) is 1. The van der Waals surface area contributed by atoms with Gasteiger partial charge in [0, 0.05) is 24.5 Å². The van der Waals surface area contributed by atoms with Crippen molar-refractivity contribution in [3.63, 3.8) is 0 Å². The van der Waals surface area contributed by atoms with Crippen LogP contribution in [0.1, 0.15) is 21.9 Å². The minimum atomic E-state index is -0.249. The molecule has 3 heterocycles. The minimum Gasteiger partial charge on any atom is -0.347 e. The van der Waals surface area contributed by atoms with Gasteiger partial charge in [0.05, 0.1) is 0 Å². The summed E-state index contributed by atoms with van der Waals surface area (Å²) in [7, 11) is 0. The average molecular weight is 360 g/mol. The predicted molar refractivity (Wildman–Crippen MR) is 97.0 cm³/mol. The van der Waals surface area contributed by atoms with Crippen LogP contribution in [0.15, 0.2) is 65.7 Å². The van der Waals surface area contributed by atoms with Gasteiger partial charge in [-0.05, 0) is 24.6 Å². The van der Waals surface area contributed by atoms with Crippen LogP contribution in [-0.4, -0.2) is 30.6 Å². The highest BCUT2D eigenvalue weighted by atomic mass is 16.5. The molecule has 0 saturated heterocycles. The summed E-state index contributed by atoms with van der Waals surface area (Å²) in [4.78, 5) is 25.0. The molecule has 0 aliphatic carbocycles. The molecule has 0 atom stereocenters. The van der Waals surface area contributed by atoms with Gasteiger partial charge < -0.3 is 9.84 Å². The predicted octanol–water partition coefficient (Wildman–Crippen LogP) is 2.56. The molecule has 0 bridgehead atoms. The van der Waals surface area contributed by atoms with Crippen molar-refractivity contribution in [1.82, 2.24) is 30.0 Å². The molecule has 3 aromatic heterocycles. The lowest BCUT2D eigenvalue weighted by atomic mass is 10.2. The highest BCUT2D eigenvalue weighted by molar-refractivity contribution is 5.92. The zero-order valence-electron chi connectivity index (χ0n) is 14.5. The topological polar surface area (TPSA) is 98.7 Å². The van der Waals surface area contributed by atoms with Crippen molar-refractivity contribution in [1.29, 1.82) is 0 Å². The highest BCUT2D eigenvalue weighted by Crippen LogP contribution is 2.19. The molecular formula is C19H16N6O2. The number of amides is 1. The number of nitrogens with one attached hydrogen (secondary N) is 1. The molecule has 1 aromatic carbocycles. The van der Waals surface area contributed by atoms with Crippen LogP contribution in [0.2, 0.25) is 0 Å². The van der Waals surface area contributed by atoms with Crippen LogP contribution in [0, 0.1) is 6.92 Å². The van der Waals surface area contributed by atoms with Gasteiger partial charge in [-0.1, -0.05) is 35.5 Å². The van der Waals surface area contributed by atoms with Gasteiger partial charge in [-0.3, -0.25) is 9.36 Å². The molecule has 0 aliphatic rings. The number of carbonyl (C=O) groups excluding carboxylic acids is 1. The molecule has 0 saturated carbocycles. The Morgan fingerprint density at radius 2 is 2.04 bits per heavy atom. The number of nitrogens with zero attached hydrogens (tertiary/aromatic N) is 5. The van der Waals surface area contributed by atoms with Crippen LogP contribution >= 0.6 is 0 Å². The van der Waals surface area contributed by atoms with E-state index in [1.54, 1.807) is 42.3 Å². The van der Waals surface area contributed by atoms with E-state index in [2.05, 4.69) is 25.4 Å². The average Bonchev–Trinajstić information content (AvgIpc) is 3.36. The smallest absolute Gasteiger partial charge is 0.271 e. The second-order valence-electron chi connectivity index (χ2n) is 5.88. The van der Waals surface area contributed by atoms with Gasteiger partial charge >= 0.3 is 0 Å². The largest absolute Gasteiger partial charge is 0.347 e. The Hall–Kier alpha value is -3.81. The molecule has 4 aromatic rings. The molecule has 134 valence electrons. The van der Waals surface area contributed by atoms with Crippen molar-refractivity contribution < 1.29 is 9.32 Å². The molecule has 0 spiro atoms. The first-order chi connectivity index (χ1) is 13.2. The van der Waals surface area contributed by atoms with Gasteiger partial charge in [-0.2, -0.15) is 4.98 Å². The SMILES string of the molecule is Cc1noc(-c2ccnc(-n3cnc(C(=O)NCc4ccccc4)c3)c2)n1. The normalized spacial score (nSPS) is 10.7. The molecule has 0 radical (unpaired) electrons. The molecule has 8 nitrogen and oxygen atoms in total. The van der Waals surface area contributed by atoms with Crippen LogP contribution < -0.4 is 5.32 Å². The first-order valence-electron chi connectivity index (χ1n) is 8.32. The number of rotatable bonds is 5. The molecule has 0 unspecified atom stereocenters. The second-order valence-corrected chi connectivity index (χ2v) is 5.88. The van der Waals surface area contributed by atoms with E-state index < -0.39 is 0 Å². The fourth-order valence-electron chi connectivity index (χ4n) is 2.54. The van der Waals surface area contributed by atoms with Gasteiger partial charge in [0.15, 0.2) is 5.82 Å². The van der Waals surface area contributed by atoms with Gasteiger partial charge in [0.2, 0.25) is 0 Å². The lowest BCUT2D eigenvalue weighted by molar-refractivity contribution is 0.0946. The first-order valence-corrected chi connectivity index (χ1v) is 8.32. The minimum absolute atomic E-state index is 0.249. The van der Waals surface area contributed by atoms with Crippen molar-refractivity contribution >= 4 is 5.91 Å². The van der Waals surface area contributed by atoms with E-state index in [1.165, 1.54) is 0 Å².